The van der Waals surface area contributed by atoms with Crippen LogP contribution in [0.25, 0.3) is 0 Å². The number of carbonyl (C=O) groups excluding carboxylic acids is 2. The number of nitrogens with one attached hydrogen (secondary N) is 1. The monoisotopic (exact) mass is 276 g/mol. The van der Waals surface area contributed by atoms with Gasteiger partial charge in [0.15, 0.2) is 0 Å². The molecule has 2 amide bonds. The van der Waals surface area contributed by atoms with E-state index in [1.54, 1.807) is 4.90 Å². The van der Waals surface area contributed by atoms with Gasteiger partial charge in [0.05, 0.1) is 5.56 Å². The third-order valence-electron chi connectivity index (χ3n) is 4.26. The van der Waals surface area contributed by atoms with Crippen LogP contribution in [0.4, 0.5) is 0 Å². The van der Waals surface area contributed by atoms with Gasteiger partial charge in [0.1, 0.15) is 6.26 Å². The number of nitrogens with zero attached hydrogens (tertiary/aromatic N) is 1. The van der Waals surface area contributed by atoms with E-state index in [9.17, 15) is 14.4 Å². The van der Waals surface area contributed by atoms with Gasteiger partial charge in [-0.25, -0.2) is 4.79 Å². The summed E-state index contributed by atoms with van der Waals surface area (Å²) in [4.78, 5) is 36.3. The molecule has 1 N–H and O–H groups in total. The summed E-state index contributed by atoms with van der Waals surface area (Å²) in [6.45, 7) is 1.98. The molecule has 0 unspecified atom stereocenters. The highest BCUT2D eigenvalue weighted by Gasteiger charge is 2.41. The molecule has 2 saturated heterocycles. The Morgan fingerprint density at radius 3 is 2.55 bits per heavy atom. The minimum Gasteiger partial charge on any atom is -0.430 e. The largest absolute Gasteiger partial charge is 0.430 e. The maximum Gasteiger partial charge on any atom is 0.335 e. The van der Waals surface area contributed by atoms with Gasteiger partial charge in [-0.15, -0.1) is 0 Å². The first kappa shape index (κ1) is 12.9. The van der Waals surface area contributed by atoms with Crippen LogP contribution in [-0.2, 0) is 4.79 Å². The van der Waals surface area contributed by atoms with E-state index < -0.39 is 5.63 Å². The molecule has 0 radical (unpaired) electrons. The number of likely N-dealkylation sites (tertiary alicyclic amines) is 1. The Kier molecular flexibility index (Phi) is 3.08. The lowest BCUT2D eigenvalue weighted by molar-refractivity contribution is -0.119. The highest BCUT2D eigenvalue weighted by molar-refractivity contribution is 5.93. The first-order valence-electron chi connectivity index (χ1n) is 6.73. The van der Waals surface area contributed by atoms with E-state index in [2.05, 4.69) is 5.32 Å². The van der Waals surface area contributed by atoms with Gasteiger partial charge in [0.25, 0.3) is 5.91 Å². The Morgan fingerprint density at radius 2 is 2.00 bits per heavy atom. The third kappa shape index (κ3) is 2.33. The number of hydrogen-bond acceptors (Lipinski definition) is 4. The van der Waals surface area contributed by atoms with Gasteiger partial charge < -0.3 is 14.6 Å². The zero-order valence-electron chi connectivity index (χ0n) is 11.1. The van der Waals surface area contributed by atoms with Gasteiger partial charge in [-0.1, -0.05) is 0 Å². The quantitative estimate of drug-likeness (QED) is 0.804. The standard InChI is InChI=1S/C14H16N2O4/c17-11-7-14(9-15-11)3-5-16(6-4-14)13(19)10-1-2-12(18)20-8-10/h1-2,8H,3-7,9H2,(H,15,17). The van der Waals surface area contributed by atoms with E-state index in [0.717, 1.165) is 12.8 Å². The lowest BCUT2D eigenvalue weighted by Gasteiger charge is -2.38. The van der Waals surface area contributed by atoms with E-state index in [1.807, 2.05) is 0 Å². The van der Waals surface area contributed by atoms with Crippen molar-refractivity contribution in [2.24, 2.45) is 5.41 Å². The molecule has 0 bridgehead atoms. The van der Waals surface area contributed by atoms with Gasteiger partial charge in [0, 0.05) is 32.1 Å². The van der Waals surface area contributed by atoms with Crippen LogP contribution in [0.2, 0.25) is 0 Å². The topological polar surface area (TPSA) is 79.6 Å². The van der Waals surface area contributed by atoms with Crippen LogP contribution in [-0.4, -0.2) is 36.3 Å². The second-order valence-corrected chi connectivity index (χ2v) is 5.59. The molecule has 1 aromatic heterocycles. The minimum absolute atomic E-state index is 0.0249. The zero-order valence-corrected chi connectivity index (χ0v) is 11.1. The summed E-state index contributed by atoms with van der Waals surface area (Å²) >= 11 is 0. The molecule has 1 aromatic rings. The summed E-state index contributed by atoms with van der Waals surface area (Å²) < 4.78 is 4.72. The summed E-state index contributed by atoms with van der Waals surface area (Å²) in [6, 6.07) is 2.73. The predicted octanol–water partition coefficient (Wildman–Crippen LogP) is 0.382. The molecular weight excluding hydrogens is 260 g/mol. The number of rotatable bonds is 1. The first-order valence-corrected chi connectivity index (χ1v) is 6.73. The average Bonchev–Trinajstić information content (AvgIpc) is 2.81. The molecule has 3 heterocycles. The molecule has 0 atom stereocenters. The molecule has 0 aromatic carbocycles. The fourth-order valence-electron chi connectivity index (χ4n) is 2.95. The summed E-state index contributed by atoms with van der Waals surface area (Å²) in [5, 5.41) is 2.87. The summed E-state index contributed by atoms with van der Waals surface area (Å²) in [5.41, 5.74) is -0.0484. The minimum atomic E-state index is -0.463. The molecule has 6 heteroatoms. The lowest BCUT2D eigenvalue weighted by atomic mass is 9.77. The number of hydrogen-bond donors (Lipinski definition) is 1. The van der Waals surface area contributed by atoms with Crippen LogP contribution in [0.1, 0.15) is 29.6 Å². The molecule has 20 heavy (non-hydrogen) atoms. The van der Waals surface area contributed by atoms with Gasteiger partial charge in [-0.05, 0) is 24.3 Å². The van der Waals surface area contributed by atoms with Gasteiger partial charge in [0.2, 0.25) is 5.91 Å². The molecule has 6 nitrogen and oxygen atoms in total. The van der Waals surface area contributed by atoms with Crippen molar-refractivity contribution < 1.29 is 14.0 Å². The normalized spacial score (nSPS) is 21.0. The van der Waals surface area contributed by atoms with Crippen molar-refractivity contribution in [2.45, 2.75) is 19.3 Å². The summed E-state index contributed by atoms with van der Waals surface area (Å²) in [7, 11) is 0. The Hall–Kier alpha value is -2.11. The number of piperidine rings is 1. The molecule has 2 fully saturated rings. The van der Waals surface area contributed by atoms with Crippen LogP contribution >= 0.6 is 0 Å². The van der Waals surface area contributed by atoms with E-state index >= 15 is 0 Å². The van der Waals surface area contributed by atoms with Crippen molar-refractivity contribution in [1.82, 2.24) is 10.2 Å². The average molecular weight is 276 g/mol. The van der Waals surface area contributed by atoms with Crippen molar-refractivity contribution in [3.05, 3.63) is 34.4 Å². The highest BCUT2D eigenvalue weighted by atomic mass is 16.4. The Labute approximate surface area is 115 Å². The molecule has 2 aliphatic rings. The van der Waals surface area contributed by atoms with E-state index in [-0.39, 0.29) is 17.2 Å². The van der Waals surface area contributed by atoms with Crippen molar-refractivity contribution in [3.63, 3.8) is 0 Å². The van der Waals surface area contributed by atoms with Crippen molar-refractivity contribution in [1.29, 1.82) is 0 Å². The van der Waals surface area contributed by atoms with Crippen LogP contribution in [0, 0.1) is 5.41 Å². The molecule has 0 saturated carbocycles. The van der Waals surface area contributed by atoms with Crippen LogP contribution in [0.3, 0.4) is 0 Å². The molecule has 1 spiro atoms. The summed E-state index contributed by atoms with van der Waals surface area (Å²) in [6.07, 6.45) is 3.42. The third-order valence-corrected chi connectivity index (χ3v) is 4.26. The fraction of sp³-hybridized carbons (Fsp3) is 0.500. The summed E-state index contributed by atoms with van der Waals surface area (Å²) in [5.74, 6) is -0.0181. The second kappa shape index (κ2) is 4.77. The van der Waals surface area contributed by atoms with Gasteiger partial charge >= 0.3 is 5.63 Å². The smallest absolute Gasteiger partial charge is 0.335 e. The number of carbonyl (C=O) groups is 2. The van der Waals surface area contributed by atoms with Crippen LogP contribution in [0.15, 0.2) is 27.6 Å². The van der Waals surface area contributed by atoms with Gasteiger partial charge in [-0.3, -0.25) is 9.59 Å². The second-order valence-electron chi connectivity index (χ2n) is 5.59. The molecule has 106 valence electrons. The molecular formula is C14H16N2O4. The van der Waals surface area contributed by atoms with Gasteiger partial charge in [-0.2, -0.15) is 0 Å². The highest BCUT2D eigenvalue weighted by Crippen LogP contribution is 2.37. The Bertz CT molecular complexity index is 579. The molecule has 2 aliphatic heterocycles. The first-order chi connectivity index (χ1) is 9.58. The number of amides is 2. The maximum atomic E-state index is 12.3. The van der Waals surface area contributed by atoms with Crippen LogP contribution in [0.5, 0.6) is 0 Å². The van der Waals surface area contributed by atoms with E-state index in [1.165, 1.54) is 18.4 Å². The van der Waals surface area contributed by atoms with E-state index in [0.29, 0.717) is 31.6 Å². The Morgan fingerprint density at radius 1 is 1.25 bits per heavy atom. The van der Waals surface area contributed by atoms with Crippen molar-refractivity contribution in [3.8, 4) is 0 Å². The zero-order chi connectivity index (χ0) is 14.2. The van der Waals surface area contributed by atoms with Crippen molar-refractivity contribution >= 4 is 11.8 Å². The molecule has 3 rings (SSSR count). The van der Waals surface area contributed by atoms with E-state index in [4.69, 9.17) is 4.42 Å². The molecule has 0 aliphatic carbocycles. The predicted molar refractivity (Wildman–Crippen MR) is 70.2 cm³/mol. The Balaban J connectivity index is 1.66. The fourth-order valence-corrected chi connectivity index (χ4v) is 2.95. The lowest BCUT2D eigenvalue weighted by Crippen LogP contribution is -2.44. The maximum absolute atomic E-state index is 12.3. The van der Waals surface area contributed by atoms with Crippen molar-refractivity contribution in [2.75, 3.05) is 19.6 Å². The van der Waals surface area contributed by atoms with Crippen LogP contribution < -0.4 is 10.9 Å². The SMILES string of the molecule is O=C1CC2(CCN(C(=O)c3ccc(=O)oc3)CC2)CN1.